The maximum Gasteiger partial charge on any atom is 0.339 e. The predicted molar refractivity (Wildman–Crippen MR) is 143 cm³/mol. The lowest BCUT2D eigenvalue weighted by Gasteiger charge is -2.14. The molecule has 13 heteroatoms. The van der Waals surface area contributed by atoms with Gasteiger partial charge in [-0.1, -0.05) is 35.3 Å². The van der Waals surface area contributed by atoms with Gasteiger partial charge in [0.15, 0.2) is 5.75 Å². The molecule has 0 aliphatic carbocycles. The molecule has 38 heavy (non-hydrogen) atoms. The van der Waals surface area contributed by atoms with Crippen LogP contribution in [-0.2, 0) is 26.3 Å². The number of rotatable bonds is 7. The van der Waals surface area contributed by atoms with Crippen molar-refractivity contribution in [3.8, 4) is 5.75 Å². The summed E-state index contributed by atoms with van der Waals surface area (Å²) in [4.78, 5) is 37.2. The smallest absolute Gasteiger partial charge is 0.339 e. The van der Waals surface area contributed by atoms with Gasteiger partial charge in [-0.2, -0.15) is 8.42 Å². The number of nitrogens with one attached hydrogen (secondary N) is 1. The first-order valence-electron chi connectivity index (χ1n) is 10.7. The Kier molecular flexibility index (Phi) is 8.12. The molecule has 0 atom stereocenters. The number of thioether (sulfide) groups is 1. The maximum absolute atomic E-state index is 14.1. The highest BCUT2D eigenvalue weighted by atomic mass is 35.5. The molecule has 3 aromatic carbocycles. The second kappa shape index (κ2) is 11.2. The van der Waals surface area contributed by atoms with Gasteiger partial charge in [0, 0.05) is 23.2 Å². The molecule has 1 aliphatic heterocycles. The van der Waals surface area contributed by atoms with Gasteiger partial charge in [-0.25, -0.2) is 4.39 Å². The molecule has 8 nitrogen and oxygen atoms in total. The zero-order valence-electron chi connectivity index (χ0n) is 19.4. The normalized spacial score (nSPS) is 14.7. The molecule has 0 saturated carbocycles. The number of halogens is 3. The van der Waals surface area contributed by atoms with Gasteiger partial charge in [0.05, 0.1) is 16.5 Å². The highest BCUT2D eigenvalue weighted by Crippen LogP contribution is 2.36. The van der Waals surface area contributed by atoms with Crippen molar-refractivity contribution >= 4 is 73.9 Å². The molecule has 1 heterocycles. The van der Waals surface area contributed by atoms with E-state index in [1.807, 2.05) is 0 Å². The molecule has 1 fully saturated rings. The Morgan fingerprint density at radius 1 is 1.08 bits per heavy atom. The fourth-order valence-electron chi connectivity index (χ4n) is 3.38. The topological polar surface area (TPSA) is 110 Å². The van der Waals surface area contributed by atoms with Crippen LogP contribution in [0.2, 0.25) is 10.0 Å². The second-order valence-electron chi connectivity index (χ2n) is 7.90. The molecule has 3 amide bonds. The number of amides is 3. The van der Waals surface area contributed by atoms with E-state index in [0.717, 1.165) is 4.90 Å². The summed E-state index contributed by atoms with van der Waals surface area (Å²) < 4.78 is 44.6. The Hall–Kier alpha value is -3.38. The average Bonchev–Trinajstić information content (AvgIpc) is 3.10. The zero-order chi connectivity index (χ0) is 27.6. The van der Waals surface area contributed by atoms with Crippen LogP contribution in [0.25, 0.3) is 6.08 Å². The van der Waals surface area contributed by atoms with E-state index < -0.39 is 27.1 Å². The van der Waals surface area contributed by atoms with Gasteiger partial charge >= 0.3 is 10.1 Å². The Balaban J connectivity index is 1.50. The summed E-state index contributed by atoms with van der Waals surface area (Å²) >= 11 is 12.9. The molecule has 0 unspecified atom stereocenters. The molecule has 196 valence electrons. The summed E-state index contributed by atoms with van der Waals surface area (Å²) in [7, 11) is -4.24. The van der Waals surface area contributed by atoms with Crippen molar-refractivity contribution in [2.45, 2.75) is 18.4 Å². The van der Waals surface area contributed by atoms with Crippen molar-refractivity contribution in [1.29, 1.82) is 0 Å². The standard InChI is InChI=1S/C25H17Cl2FN2O6S2/c1-14(31)29-16-6-8-17(9-7-16)38(34,35)36-22-10-5-15(11-20(22)27)12-23-24(32)30(25(33)37-23)13-18-19(26)3-2-4-21(18)28/h2-12H,13H2,1H3,(H,29,31)/b23-12-. The number of hydrogen-bond donors (Lipinski definition) is 1. The molecule has 1 N–H and O–H groups in total. The molecular weight excluding hydrogens is 578 g/mol. The molecule has 0 spiro atoms. The minimum atomic E-state index is -4.24. The minimum absolute atomic E-state index is 0.0215. The van der Waals surface area contributed by atoms with Crippen LogP contribution in [0, 0.1) is 5.82 Å². The Labute approximate surface area is 231 Å². The first-order valence-corrected chi connectivity index (χ1v) is 13.7. The van der Waals surface area contributed by atoms with E-state index in [2.05, 4.69) is 5.32 Å². The number of hydrogen-bond acceptors (Lipinski definition) is 7. The van der Waals surface area contributed by atoms with E-state index >= 15 is 0 Å². The summed E-state index contributed by atoms with van der Waals surface area (Å²) in [5, 5.41) is 1.97. The number of anilines is 1. The van der Waals surface area contributed by atoms with Gasteiger partial charge in [0.2, 0.25) is 5.91 Å². The van der Waals surface area contributed by atoms with E-state index in [-0.39, 0.29) is 43.6 Å². The van der Waals surface area contributed by atoms with Crippen molar-refractivity contribution in [1.82, 2.24) is 4.90 Å². The minimum Gasteiger partial charge on any atom is -0.377 e. The molecule has 3 aromatic rings. The lowest BCUT2D eigenvalue weighted by molar-refractivity contribution is -0.123. The number of nitrogens with zero attached hydrogens (tertiary/aromatic N) is 1. The lowest BCUT2D eigenvalue weighted by atomic mass is 10.2. The largest absolute Gasteiger partial charge is 0.377 e. The Bertz CT molecular complexity index is 1570. The molecule has 0 radical (unpaired) electrons. The third kappa shape index (κ3) is 6.18. The van der Waals surface area contributed by atoms with Gasteiger partial charge in [-0.15, -0.1) is 0 Å². The van der Waals surface area contributed by atoms with Gasteiger partial charge in [0.1, 0.15) is 10.7 Å². The number of carbonyl (C=O) groups excluding carboxylic acids is 3. The van der Waals surface area contributed by atoms with Crippen LogP contribution in [0.4, 0.5) is 14.9 Å². The Morgan fingerprint density at radius 2 is 1.79 bits per heavy atom. The zero-order valence-corrected chi connectivity index (χ0v) is 22.5. The van der Waals surface area contributed by atoms with Crippen molar-refractivity contribution in [3.05, 3.63) is 92.6 Å². The number of imide groups is 1. The summed E-state index contributed by atoms with van der Waals surface area (Å²) in [5.74, 6) is -1.73. The first-order chi connectivity index (χ1) is 17.9. The van der Waals surface area contributed by atoms with E-state index in [9.17, 15) is 27.2 Å². The quantitative estimate of drug-likeness (QED) is 0.260. The van der Waals surface area contributed by atoms with Crippen LogP contribution in [0.5, 0.6) is 5.75 Å². The molecule has 1 saturated heterocycles. The SMILES string of the molecule is CC(=O)Nc1ccc(S(=O)(=O)Oc2ccc(/C=C3\SC(=O)N(Cc4c(F)cccc4Cl)C3=O)cc2Cl)cc1. The Morgan fingerprint density at radius 3 is 2.42 bits per heavy atom. The van der Waals surface area contributed by atoms with Gasteiger partial charge < -0.3 is 9.50 Å². The monoisotopic (exact) mass is 594 g/mol. The van der Waals surface area contributed by atoms with E-state index in [1.54, 1.807) is 0 Å². The van der Waals surface area contributed by atoms with Crippen LogP contribution in [-0.4, -0.2) is 30.4 Å². The predicted octanol–water partition coefficient (Wildman–Crippen LogP) is 6.10. The molecule has 0 bridgehead atoms. The van der Waals surface area contributed by atoms with Gasteiger partial charge in [-0.05, 0) is 71.9 Å². The van der Waals surface area contributed by atoms with Crippen LogP contribution < -0.4 is 9.50 Å². The lowest BCUT2D eigenvalue weighted by Crippen LogP contribution is -2.28. The number of carbonyl (C=O) groups is 3. The maximum atomic E-state index is 14.1. The molecule has 4 rings (SSSR count). The van der Waals surface area contributed by atoms with Crippen LogP contribution in [0.3, 0.4) is 0 Å². The van der Waals surface area contributed by atoms with Crippen LogP contribution >= 0.6 is 35.0 Å². The highest BCUT2D eigenvalue weighted by molar-refractivity contribution is 8.18. The highest BCUT2D eigenvalue weighted by Gasteiger charge is 2.36. The first kappa shape index (κ1) is 27.6. The van der Waals surface area contributed by atoms with Crippen molar-refractivity contribution in [2.75, 3.05) is 5.32 Å². The third-order valence-corrected chi connectivity index (χ3v) is 7.97. The fourth-order valence-corrected chi connectivity index (χ4v) is 5.66. The molecular formula is C25H17Cl2FN2O6S2. The summed E-state index contributed by atoms with van der Waals surface area (Å²) in [6.07, 6.45) is 1.40. The second-order valence-corrected chi connectivity index (χ2v) is 11.3. The van der Waals surface area contributed by atoms with E-state index in [1.165, 1.54) is 73.7 Å². The van der Waals surface area contributed by atoms with Crippen molar-refractivity contribution in [3.63, 3.8) is 0 Å². The van der Waals surface area contributed by atoms with E-state index in [0.29, 0.717) is 23.0 Å². The molecule has 0 aromatic heterocycles. The third-order valence-electron chi connectivity index (χ3n) is 5.17. The number of benzene rings is 3. The van der Waals surface area contributed by atoms with Gasteiger partial charge in [-0.3, -0.25) is 19.3 Å². The molecule has 1 aliphatic rings. The summed E-state index contributed by atoms with van der Waals surface area (Å²) in [6.45, 7) is 0.997. The summed E-state index contributed by atoms with van der Waals surface area (Å²) in [6, 6.07) is 13.6. The van der Waals surface area contributed by atoms with Crippen molar-refractivity contribution in [2.24, 2.45) is 0 Å². The fraction of sp³-hybridized carbons (Fsp3) is 0.0800. The van der Waals surface area contributed by atoms with E-state index in [4.69, 9.17) is 27.4 Å². The van der Waals surface area contributed by atoms with Crippen LogP contribution in [0.1, 0.15) is 18.1 Å². The summed E-state index contributed by atoms with van der Waals surface area (Å²) in [5.41, 5.74) is 0.835. The van der Waals surface area contributed by atoms with Crippen molar-refractivity contribution < 1.29 is 31.4 Å². The van der Waals surface area contributed by atoms with Gasteiger partial charge in [0.25, 0.3) is 11.1 Å². The average molecular weight is 595 g/mol. The van der Waals surface area contributed by atoms with Crippen LogP contribution in [0.15, 0.2) is 70.5 Å².